The van der Waals surface area contributed by atoms with Crippen molar-refractivity contribution < 1.29 is 9.53 Å². The number of hydrogen-bond donors (Lipinski definition) is 0. The van der Waals surface area contributed by atoms with Gasteiger partial charge < -0.3 is 4.74 Å². The lowest BCUT2D eigenvalue weighted by molar-refractivity contribution is -0.167. The van der Waals surface area contributed by atoms with Crippen LogP contribution < -0.4 is 0 Å². The highest BCUT2D eigenvalue weighted by Gasteiger charge is 2.65. The zero-order valence-corrected chi connectivity index (χ0v) is 7.21. The second-order valence-electron chi connectivity index (χ2n) is 4.43. The minimum absolute atomic E-state index is 0.0165. The van der Waals surface area contributed by atoms with Gasteiger partial charge in [0.15, 0.2) is 5.78 Å². The zero-order valence-electron chi connectivity index (χ0n) is 7.21. The highest BCUT2D eigenvalue weighted by atomic mass is 16.5. The molecule has 2 saturated carbocycles. The van der Waals surface area contributed by atoms with Crippen LogP contribution in [0.3, 0.4) is 0 Å². The summed E-state index contributed by atoms with van der Waals surface area (Å²) in [5.74, 6) is 0.797. The number of carbonyl (C=O) groups is 1. The third-order valence-corrected chi connectivity index (χ3v) is 4.06. The molecule has 1 saturated heterocycles. The normalized spacial score (nSPS) is 51.2. The second-order valence-corrected chi connectivity index (χ2v) is 4.43. The summed E-state index contributed by atoms with van der Waals surface area (Å²) in [6.45, 7) is 0.826. The van der Waals surface area contributed by atoms with Crippen LogP contribution in [0.1, 0.15) is 32.1 Å². The van der Waals surface area contributed by atoms with Crippen molar-refractivity contribution in [3.05, 3.63) is 0 Å². The van der Waals surface area contributed by atoms with Gasteiger partial charge in [0.25, 0.3) is 0 Å². The van der Waals surface area contributed by atoms with Crippen LogP contribution in [-0.4, -0.2) is 18.5 Å². The SMILES string of the molecule is O=C1C2CCCCC23CCOC13. The minimum Gasteiger partial charge on any atom is -0.370 e. The molecule has 1 spiro atoms. The predicted molar refractivity (Wildman–Crippen MR) is 43.8 cm³/mol. The van der Waals surface area contributed by atoms with E-state index in [1.54, 1.807) is 0 Å². The molecule has 0 aromatic rings. The molecule has 1 heterocycles. The van der Waals surface area contributed by atoms with E-state index in [0.717, 1.165) is 19.4 Å². The summed E-state index contributed by atoms with van der Waals surface area (Å²) in [6.07, 6.45) is 6.11. The summed E-state index contributed by atoms with van der Waals surface area (Å²) < 4.78 is 5.47. The van der Waals surface area contributed by atoms with Gasteiger partial charge in [-0.05, 0) is 19.3 Å². The average molecular weight is 166 g/mol. The number of hydrogen-bond acceptors (Lipinski definition) is 2. The lowest BCUT2D eigenvalue weighted by Crippen LogP contribution is -2.60. The van der Waals surface area contributed by atoms with Crippen molar-refractivity contribution in [3.63, 3.8) is 0 Å². The Bertz CT molecular complexity index is 236. The number of ether oxygens (including phenoxy) is 1. The first kappa shape index (κ1) is 7.07. The van der Waals surface area contributed by atoms with Crippen LogP contribution in [0.15, 0.2) is 0 Å². The summed E-state index contributed by atoms with van der Waals surface area (Å²) in [5.41, 5.74) is 0.329. The highest BCUT2D eigenvalue weighted by molar-refractivity contribution is 5.94. The van der Waals surface area contributed by atoms with E-state index >= 15 is 0 Å². The Kier molecular flexibility index (Phi) is 1.24. The molecule has 2 aliphatic carbocycles. The molecular formula is C10H14O2. The molecule has 0 amide bonds. The van der Waals surface area contributed by atoms with Crippen LogP contribution in [0, 0.1) is 11.3 Å². The molecule has 3 atom stereocenters. The molecule has 2 heteroatoms. The van der Waals surface area contributed by atoms with Gasteiger partial charge in [-0.1, -0.05) is 12.8 Å². The fourth-order valence-corrected chi connectivity index (χ4v) is 3.42. The molecule has 3 unspecified atom stereocenters. The lowest BCUT2D eigenvalue weighted by Gasteiger charge is -2.52. The van der Waals surface area contributed by atoms with Crippen LogP contribution in [0.5, 0.6) is 0 Å². The van der Waals surface area contributed by atoms with E-state index in [9.17, 15) is 4.79 Å². The molecule has 0 bridgehead atoms. The van der Waals surface area contributed by atoms with Crippen molar-refractivity contribution in [2.75, 3.05) is 6.61 Å². The maximum absolute atomic E-state index is 11.5. The fourth-order valence-electron chi connectivity index (χ4n) is 3.42. The van der Waals surface area contributed by atoms with Gasteiger partial charge >= 0.3 is 0 Å². The van der Waals surface area contributed by atoms with Gasteiger partial charge in [0.2, 0.25) is 0 Å². The monoisotopic (exact) mass is 166 g/mol. The molecule has 1 aliphatic heterocycles. The van der Waals surface area contributed by atoms with Gasteiger partial charge in [0.1, 0.15) is 6.10 Å². The molecule has 12 heavy (non-hydrogen) atoms. The largest absolute Gasteiger partial charge is 0.370 e. The number of ketones is 1. The highest BCUT2D eigenvalue weighted by Crippen LogP contribution is 2.59. The molecule has 3 fully saturated rings. The molecule has 0 aromatic heterocycles. The molecule has 2 nitrogen and oxygen atoms in total. The third kappa shape index (κ3) is 0.598. The van der Waals surface area contributed by atoms with Crippen molar-refractivity contribution >= 4 is 5.78 Å². The van der Waals surface area contributed by atoms with E-state index in [1.165, 1.54) is 19.3 Å². The number of carbonyl (C=O) groups excluding carboxylic acids is 1. The first-order valence-electron chi connectivity index (χ1n) is 5.00. The van der Waals surface area contributed by atoms with Crippen molar-refractivity contribution in [2.24, 2.45) is 11.3 Å². The average Bonchev–Trinajstić information content (AvgIpc) is 2.43. The molecule has 0 radical (unpaired) electrons. The summed E-state index contributed by atoms with van der Waals surface area (Å²) in [7, 11) is 0. The summed E-state index contributed by atoms with van der Waals surface area (Å²) in [5, 5.41) is 0. The van der Waals surface area contributed by atoms with Gasteiger partial charge in [0.05, 0.1) is 0 Å². The van der Waals surface area contributed by atoms with E-state index in [0.29, 0.717) is 17.1 Å². The van der Waals surface area contributed by atoms with E-state index in [4.69, 9.17) is 4.74 Å². The van der Waals surface area contributed by atoms with Crippen molar-refractivity contribution in [1.82, 2.24) is 0 Å². The van der Waals surface area contributed by atoms with Crippen molar-refractivity contribution in [2.45, 2.75) is 38.2 Å². The van der Waals surface area contributed by atoms with Gasteiger partial charge in [-0.2, -0.15) is 0 Å². The Morgan fingerprint density at radius 2 is 2.25 bits per heavy atom. The Balaban J connectivity index is 1.94. The van der Waals surface area contributed by atoms with Crippen LogP contribution in [-0.2, 0) is 9.53 Å². The van der Waals surface area contributed by atoms with Crippen LogP contribution in [0.2, 0.25) is 0 Å². The van der Waals surface area contributed by atoms with Gasteiger partial charge in [0, 0.05) is 17.9 Å². The summed E-state index contributed by atoms with van der Waals surface area (Å²) >= 11 is 0. The molecule has 3 aliphatic rings. The molecule has 0 N–H and O–H groups in total. The Morgan fingerprint density at radius 1 is 1.33 bits per heavy atom. The summed E-state index contributed by atoms with van der Waals surface area (Å²) in [6, 6.07) is 0. The lowest BCUT2D eigenvalue weighted by atomic mass is 9.51. The number of Topliss-reactive ketones (excluding diaryl/α,β-unsaturated/α-hetero) is 1. The molecule has 0 aromatic carbocycles. The predicted octanol–water partition coefficient (Wildman–Crippen LogP) is 1.53. The summed E-state index contributed by atoms with van der Waals surface area (Å²) in [4.78, 5) is 11.5. The third-order valence-electron chi connectivity index (χ3n) is 4.06. The van der Waals surface area contributed by atoms with E-state index in [1.807, 2.05) is 0 Å². The van der Waals surface area contributed by atoms with Crippen LogP contribution >= 0.6 is 0 Å². The molecule has 66 valence electrons. The standard InChI is InChI=1S/C10H14O2/c11-8-7-3-1-2-4-10(7)5-6-12-9(8)10/h7,9H,1-6H2. The van der Waals surface area contributed by atoms with Gasteiger partial charge in [-0.25, -0.2) is 0 Å². The quantitative estimate of drug-likeness (QED) is 0.545. The first-order chi connectivity index (χ1) is 5.84. The Hall–Kier alpha value is -0.370. The Morgan fingerprint density at radius 3 is 3.17 bits per heavy atom. The zero-order chi connectivity index (χ0) is 8.18. The topological polar surface area (TPSA) is 26.3 Å². The Labute approximate surface area is 72.3 Å². The molecular weight excluding hydrogens is 152 g/mol. The van der Waals surface area contributed by atoms with E-state index in [-0.39, 0.29) is 6.10 Å². The van der Waals surface area contributed by atoms with Gasteiger partial charge in [-0.3, -0.25) is 4.79 Å². The smallest absolute Gasteiger partial charge is 0.165 e. The van der Waals surface area contributed by atoms with Gasteiger partial charge in [-0.15, -0.1) is 0 Å². The fraction of sp³-hybridized carbons (Fsp3) is 0.900. The maximum Gasteiger partial charge on any atom is 0.165 e. The molecule has 3 rings (SSSR count). The van der Waals surface area contributed by atoms with Crippen LogP contribution in [0.25, 0.3) is 0 Å². The maximum atomic E-state index is 11.5. The van der Waals surface area contributed by atoms with E-state index < -0.39 is 0 Å². The number of rotatable bonds is 0. The van der Waals surface area contributed by atoms with Crippen LogP contribution in [0.4, 0.5) is 0 Å². The minimum atomic E-state index is 0.0165. The second kappa shape index (κ2) is 2.11. The van der Waals surface area contributed by atoms with Crippen molar-refractivity contribution in [1.29, 1.82) is 0 Å². The first-order valence-corrected chi connectivity index (χ1v) is 5.00. The van der Waals surface area contributed by atoms with Crippen molar-refractivity contribution in [3.8, 4) is 0 Å². The van der Waals surface area contributed by atoms with E-state index in [2.05, 4.69) is 0 Å².